The Hall–Kier alpha value is -3.72. The van der Waals surface area contributed by atoms with Gasteiger partial charge in [0.25, 0.3) is 0 Å². The van der Waals surface area contributed by atoms with Crippen molar-refractivity contribution < 1.29 is 71.4 Å². The molecule has 39 heavy (non-hydrogen) atoms. The Balaban J connectivity index is 2.52. The van der Waals surface area contributed by atoms with Crippen LogP contribution in [0.4, 0.5) is 0 Å². The molecule has 15 heteroatoms. The number of hydrogen-bond acceptors (Lipinski definition) is 15. The minimum atomic E-state index is -1.58. The van der Waals surface area contributed by atoms with E-state index >= 15 is 0 Å². The molecule has 2 aliphatic rings. The third kappa shape index (κ3) is 9.83. The van der Waals surface area contributed by atoms with E-state index in [1.54, 1.807) is 0 Å². The Morgan fingerprint density at radius 1 is 0.590 bits per heavy atom. The van der Waals surface area contributed by atoms with Gasteiger partial charge in [0.1, 0.15) is 25.4 Å². The van der Waals surface area contributed by atoms with Crippen LogP contribution in [-0.2, 0) is 71.4 Å². The number of carbonyl (C=O) groups is 6. The summed E-state index contributed by atoms with van der Waals surface area (Å²) in [6.07, 6.45) is -7.97. The minimum Gasteiger partial charge on any atom is -0.492 e. The molecule has 8 atom stereocenters. The first-order chi connectivity index (χ1) is 18.3. The van der Waals surface area contributed by atoms with Crippen LogP contribution in [0.1, 0.15) is 41.5 Å². The Morgan fingerprint density at radius 3 is 1.59 bits per heavy atom. The zero-order valence-electron chi connectivity index (χ0n) is 22.3. The SMILES string of the molecule is CC(=O)OC[C@H]1O[C@@H](O[C@H]2[C@@H](OC(C)=O)C=CO[C@@H]2COC(C)=O)[C@H](OC(C)=O)[C@@H](OC(C)=O)[C@@H]1OC(C)=O. The lowest BCUT2D eigenvalue weighted by atomic mass is 9.97. The fourth-order valence-electron chi connectivity index (χ4n) is 3.87. The zero-order chi connectivity index (χ0) is 29.3. The monoisotopic (exact) mass is 560 g/mol. The molecule has 2 aliphatic heterocycles. The van der Waals surface area contributed by atoms with Crippen LogP contribution in [0.5, 0.6) is 0 Å². The Kier molecular flexibility index (Phi) is 11.7. The van der Waals surface area contributed by atoms with E-state index in [0.717, 1.165) is 34.6 Å². The molecule has 0 saturated carbocycles. The molecule has 0 aromatic rings. The lowest BCUT2D eigenvalue weighted by Gasteiger charge is -2.46. The summed E-state index contributed by atoms with van der Waals surface area (Å²) in [7, 11) is 0. The van der Waals surface area contributed by atoms with Gasteiger partial charge in [-0.25, -0.2) is 0 Å². The lowest BCUT2D eigenvalue weighted by Crippen LogP contribution is -2.64. The van der Waals surface area contributed by atoms with Gasteiger partial charge in [0.05, 0.1) is 6.26 Å². The molecule has 0 unspecified atom stereocenters. The van der Waals surface area contributed by atoms with Crippen LogP contribution in [0.3, 0.4) is 0 Å². The van der Waals surface area contributed by atoms with Gasteiger partial charge in [-0.2, -0.15) is 0 Å². The Morgan fingerprint density at radius 2 is 1.08 bits per heavy atom. The van der Waals surface area contributed by atoms with Crippen LogP contribution < -0.4 is 0 Å². The van der Waals surface area contributed by atoms with Crippen molar-refractivity contribution in [1.29, 1.82) is 0 Å². The number of esters is 6. The summed E-state index contributed by atoms with van der Waals surface area (Å²) in [4.78, 5) is 70.6. The summed E-state index contributed by atoms with van der Waals surface area (Å²) in [6.45, 7) is 5.92. The van der Waals surface area contributed by atoms with Crippen LogP contribution in [-0.4, -0.2) is 98.0 Å². The first-order valence-corrected chi connectivity index (χ1v) is 11.9. The van der Waals surface area contributed by atoms with Crippen molar-refractivity contribution in [2.75, 3.05) is 13.2 Å². The fourth-order valence-corrected chi connectivity index (χ4v) is 3.87. The zero-order valence-corrected chi connectivity index (χ0v) is 22.3. The largest absolute Gasteiger partial charge is 0.492 e. The quantitative estimate of drug-likeness (QED) is 0.254. The highest BCUT2D eigenvalue weighted by atomic mass is 16.7. The van der Waals surface area contributed by atoms with Gasteiger partial charge in [0.2, 0.25) is 0 Å². The van der Waals surface area contributed by atoms with E-state index in [-0.39, 0.29) is 6.61 Å². The third-order valence-electron chi connectivity index (χ3n) is 5.20. The number of hydrogen-bond donors (Lipinski definition) is 0. The van der Waals surface area contributed by atoms with E-state index in [0.29, 0.717) is 0 Å². The summed E-state index contributed by atoms with van der Waals surface area (Å²) in [6, 6.07) is 0. The van der Waals surface area contributed by atoms with Crippen molar-refractivity contribution in [2.24, 2.45) is 0 Å². The highest BCUT2D eigenvalue weighted by Gasteiger charge is 2.54. The molecule has 0 N–H and O–H groups in total. The van der Waals surface area contributed by atoms with Crippen molar-refractivity contribution in [1.82, 2.24) is 0 Å². The Bertz CT molecular complexity index is 959. The van der Waals surface area contributed by atoms with Gasteiger partial charge in [-0.1, -0.05) is 0 Å². The smallest absolute Gasteiger partial charge is 0.303 e. The second kappa shape index (κ2) is 14.4. The van der Waals surface area contributed by atoms with Crippen LogP contribution >= 0.6 is 0 Å². The minimum absolute atomic E-state index is 0.326. The molecule has 0 aromatic heterocycles. The summed E-state index contributed by atoms with van der Waals surface area (Å²) >= 11 is 0. The summed E-state index contributed by atoms with van der Waals surface area (Å²) in [5, 5.41) is 0. The number of carbonyl (C=O) groups excluding carboxylic acids is 6. The van der Waals surface area contributed by atoms with Crippen LogP contribution in [0.25, 0.3) is 0 Å². The first kappa shape index (κ1) is 31.5. The van der Waals surface area contributed by atoms with Gasteiger partial charge in [0.15, 0.2) is 36.8 Å². The van der Waals surface area contributed by atoms with E-state index in [1.165, 1.54) is 19.3 Å². The standard InChI is InChI=1S/C24H32O15/c1-11(25)32-9-18-20(17(7-8-31-18)34-13(3)27)39-24-23(37-16(6)30)22(36-15(5)29)21(35-14(4)28)19(38-24)10-33-12(2)26/h7-8,17-24H,9-10H2,1-6H3/t17-,18+,19+,20-,21+,22-,23+,24-/m0/s1. The van der Waals surface area contributed by atoms with Gasteiger partial charge in [-0.3, -0.25) is 28.8 Å². The highest BCUT2D eigenvalue weighted by molar-refractivity contribution is 5.69. The molecule has 0 radical (unpaired) electrons. The molecule has 0 bridgehead atoms. The molecule has 0 spiro atoms. The third-order valence-corrected chi connectivity index (χ3v) is 5.20. The Labute approximate surface area is 223 Å². The maximum atomic E-state index is 12.0. The van der Waals surface area contributed by atoms with E-state index in [9.17, 15) is 28.8 Å². The molecule has 0 aliphatic carbocycles. The topological polar surface area (TPSA) is 185 Å². The lowest BCUT2D eigenvalue weighted by molar-refractivity contribution is -0.328. The van der Waals surface area contributed by atoms with Crippen LogP contribution in [0.15, 0.2) is 12.3 Å². The van der Waals surface area contributed by atoms with Gasteiger partial charge >= 0.3 is 35.8 Å². The molecule has 0 aromatic carbocycles. The molecular formula is C24H32O15. The molecule has 0 amide bonds. The molecule has 218 valence electrons. The van der Waals surface area contributed by atoms with Crippen molar-refractivity contribution in [3.8, 4) is 0 Å². The molecule has 2 rings (SSSR count). The summed E-state index contributed by atoms with van der Waals surface area (Å²) < 4.78 is 49.0. The second-order valence-corrected chi connectivity index (χ2v) is 8.55. The number of ether oxygens (including phenoxy) is 9. The van der Waals surface area contributed by atoms with E-state index in [2.05, 4.69) is 0 Å². The summed E-state index contributed by atoms with van der Waals surface area (Å²) in [5.74, 6) is -4.43. The molecular weight excluding hydrogens is 528 g/mol. The average molecular weight is 561 g/mol. The molecule has 15 nitrogen and oxygen atoms in total. The van der Waals surface area contributed by atoms with Crippen LogP contribution in [0, 0.1) is 0 Å². The highest BCUT2D eigenvalue weighted by Crippen LogP contribution is 2.32. The van der Waals surface area contributed by atoms with Crippen LogP contribution in [0.2, 0.25) is 0 Å². The summed E-state index contributed by atoms with van der Waals surface area (Å²) in [5.41, 5.74) is 0. The maximum absolute atomic E-state index is 12.0. The maximum Gasteiger partial charge on any atom is 0.303 e. The first-order valence-electron chi connectivity index (χ1n) is 11.9. The molecule has 2 heterocycles. The van der Waals surface area contributed by atoms with Gasteiger partial charge in [0, 0.05) is 41.5 Å². The van der Waals surface area contributed by atoms with Gasteiger partial charge < -0.3 is 42.6 Å². The van der Waals surface area contributed by atoms with E-state index in [1.807, 2.05) is 0 Å². The normalized spacial score (nSPS) is 29.7. The molecule has 1 fully saturated rings. The van der Waals surface area contributed by atoms with Gasteiger partial charge in [-0.05, 0) is 6.08 Å². The van der Waals surface area contributed by atoms with Crippen molar-refractivity contribution in [3.05, 3.63) is 12.3 Å². The van der Waals surface area contributed by atoms with E-state index < -0.39 is 91.4 Å². The van der Waals surface area contributed by atoms with Crippen molar-refractivity contribution >= 4 is 35.8 Å². The van der Waals surface area contributed by atoms with Gasteiger partial charge in [-0.15, -0.1) is 0 Å². The van der Waals surface area contributed by atoms with Crippen molar-refractivity contribution in [3.63, 3.8) is 0 Å². The predicted octanol–water partition coefficient (Wildman–Crippen LogP) is -0.138. The van der Waals surface area contributed by atoms with Crippen molar-refractivity contribution in [2.45, 2.75) is 90.6 Å². The number of rotatable bonds is 10. The fraction of sp³-hybridized carbons (Fsp3) is 0.667. The second-order valence-electron chi connectivity index (χ2n) is 8.55. The average Bonchev–Trinajstić information content (AvgIpc) is 2.80. The molecule has 1 saturated heterocycles. The predicted molar refractivity (Wildman–Crippen MR) is 123 cm³/mol. The van der Waals surface area contributed by atoms with E-state index in [4.69, 9.17) is 42.6 Å².